The minimum atomic E-state index is -0.725. The minimum Gasteiger partial charge on any atom is -0.462 e. The quantitative estimate of drug-likeness (QED) is 0.781. The number of fused-ring (bicyclic) bond motifs is 1. The van der Waals surface area contributed by atoms with Crippen LogP contribution >= 0.6 is 0 Å². The van der Waals surface area contributed by atoms with Crippen molar-refractivity contribution in [3.63, 3.8) is 0 Å². The summed E-state index contributed by atoms with van der Waals surface area (Å²) >= 11 is 0. The van der Waals surface area contributed by atoms with Crippen molar-refractivity contribution >= 4 is 17.8 Å². The lowest BCUT2D eigenvalue weighted by Gasteiger charge is -2.21. The summed E-state index contributed by atoms with van der Waals surface area (Å²) in [5, 5.41) is 1.29. The lowest BCUT2D eigenvalue weighted by atomic mass is 9.86. The van der Waals surface area contributed by atoms with Gasteiger partial charge in [0, 0.05) is 6.04 Å². The maximum absolute atomic E-state index is 12.4. The van der Waals surface area contributed by atoms with E-state index >= 15 is 0 Å². The third kappa shape index (κ3) is 2.50. The van der Waals surface area contributed by atoms with Crippen LogP contribution in [0.4, 0.5) is 5.95 Å². The summed E-state index contributed by atoms with van der Waals surface area (Å²) in [4.78, 5) is 42.4. The van der Waals surface area contributed by atoms with Crippen molar-refractivity contribution in [1.29, 1.82) is 0 Å². The molecule has 2 unspecified atom stereocenters. The molecule has 0 aromatic carbocycles. The number of hydrogen-bond donors (Lipinski definition) is 2. The van der Waals surface area contributed by atoms with Gasteiger partial charge in [0.15, 0.2) is 0 Å². The van der Waals surface area contributed by atoms with Crippen LogP contribution in [-0.4, -0.2) is 34.5 Å². The van der Waals surface area contributed by atoms with Crippen LogP contribution < -0.4 is 16.0 Å². The molecule has 0 spiro atoms. The smallest absolute Gasteiger partial charge is 0.345 e. The fourth-order valence-corrected chi connectivity index (χ4v) is 3.00. The topological polar surface area (TPSA) is 104 Å². The zero-order chi connectivity index (χ0) is 15.7. The molecule has 1 aromatic rings. The van der Waals surface area contributed by atoms with Crippen LogP contribution in [0.25, 0.3) is 0 Å². The Labute approximate surface area is 126 Å². The van der Waals surface area contributed by atoms with Gasteiger partial charge >= 0.3 is 5.97 Å². The third-order valence-corrected chi connectivity index (χ3v) is 4.09. The fraction of sp³-hybridized carbons (Fsp3) is 0.571. The van der Waals surface area contributed by atoms with E-state index < -0.39 is 11.5 Å². The first-order valence-corrected chi connectivity index (χ1v) is 7.48. The number of nitrogens with one attached hydrogen (secondary N) is 2. The number of hydrazine groups is 1. The Balaban J connectivity index is 1.84. The number of carbonyl (C=O) groups is 2. The maximum atomic E-state index is 12.4. The number of rotatable bonds is 3. The molecule has 1 aliphatic carbocycles. The maximum Gasteiger partial charge on any atom is 0.345 e. The van der Waals surface area contributed by atoms with Crippen molar-refractivity contribution < 1.29 is 14.3 Å². The van der Waals surface area contributed by atoms with Crippen LogP contribution in [0.15, 0.2) is 11.0 Å². The summed E-state index contributed by atoms with van der Waals surface area (Å²) in [7, 11) is 0. The van der Waals surface area contributed by atoms with Crippen molar-refractivity contribution in [2.75, 3.05) is 11.6 Å². The molecule has 2 heterocycles. The predicted molar refractivity (Wildman–Crippen MR) is 77.2 cm³/mol. The van der Waals surface area contributed by atoms with E-state index in [0.717, 1.165) is 31.9 Å². The highest BCUT2D eigenvalue weighted by molar-refractivity contribution is 5.95. The Morgan fingerprint density at radius 2 is 2.18 bits per heavy atom. The molecular weight excluding hydrogens is 288 g/mol. The first-order chi connectivity index (χ1) is 10.6. The number of aromatic amines is 1. The summed E-state index contributed by atoms with van der Waals surface area (Å²) in [6.45, 7) is 1.83. The van der Waals surface area contributed by atoms with Crippen LogP contribution in [-0.2, 0) is 9.53 Å². The normalized spacial score (nSPS) is 24.2. The first-order valence-electron chi connectivity index (χ1n) is 7.48. The van der Waals surface area contributed by atoms with Crippen molar-refractivity contribution in [3.8, 4) is 0 Å². The van der Waals surface area contributed by atoms with Gasteiger partial charge in [0.05, 0.1) is 18.7 Å². The Kier molecular flexibility index (Phi) is 3.93. The van der Waals surface area contributed by atoms with Crippen molar-refractivity contribution in [3.05, 3.63) is 22.1 Å². The summed E-state index contributed by atoms with van der Waals surface area (Å²) < 4.78 is 4.78. The van der Waals surface area contributed by atoms with E-state index in [1.54, 1.807) is 6.92 Å². The Morgan fingerprint density at radius 1 is 1.41 bits per heavy atom. The summed E-state index contributed by atoms with van der Waals surface area (Å²) in [5.41, 5.74) is 2.31. The molecule has 0 radical (unpaired) electrons. The molecule has 118 valence electrons. The molecule has 1 aliphatic heterocycles. The number of esters is 1. The number of aromatic nitrogens is 2. The van der Waals surface area contributed by atoms with Gasteiger partial charge in [-0.2, -0.15) is 0 Å². The van der Waals surface area contributed by atoms with Crippen LogP contribution in [0.5, 0.6) is 0 Å². The van der Waals surface area contributed by atoms with Gasteiger partial charge in [0.25, 0.3) is 5.56 Å². The molecule has 1 saturated carbocycles. The average molecular weight is 306 g/mol. The Morgan fingerprint density at radius 3 is 2.86 bits per heavy atom. The Hall–Kier alpha value is -2.22. The average Bonchev–Trinajstić information content (AvgIpc) is 2.85. The monoisotopic (exact) mass is 306 g/mol. The molecule has 2 fully saturated rings. The van der Waals surface area contributed by atoms with E-state index in [1.165, 1.54) is 5.01 Å². The van der Waals surface area contributed by atoms with Gasteiger partial charge in [-0.3, -0.25) is 14.6 Å². The first kappa shape index (κ1) is 14.7. The highest BCUT2D eigenvalue weighted by Crippen LogP contribution is 2.31. The van der Waals surface area contributed by atoms with Crippen molar-refractivity contribution in [1.82, 2.24) is 15.4 Å². The molecule has 1 aromatic heterocycles. The zero-order valence-electron chi connectivity index (χ0n) is 12.3. The molecule has 0 bridgehead atoms. The second-order valence-corrected chi connectivity index (χ2v) is 5.47. The van der Waals surface area contributed by atoms with Gasteiger partial charge in [-0.25, -0.2) is 20.2 Å². The third-order valence-electron chi connectivity index (χ3n) is 4.09. The number of hydrogen-bond acceptors (Lipinski definition) is 6. The van der Waals surface area contributed by atoms with Crippen LogP contribution in [0, 0.1) is 5.92 Å². The number of nitrogens with zero attached hydrogens (tertiary/aromatic N) is 2. The summed E-state index contributed by atoms with van der Waals surface area (Å²) in [6.07, 6.45) is 5.04. The molecule has 1 amide bonds. The van der Waals surface area contributed by atoms with Crippen molar-refractivity contribution in [2.24, 2.45) is 5.92 Å². The van der Waals surface area contributed by atoms with Crippen molar-refractivity contribution in [2.45, 2.75) is 38.6 Å². The zero-order valence-corrected chi connectivity index (χ0v) is 12.3. The largest absolute Gasteiger partial charge is 0.462 e. The van der Waals surface area contributed by atoms with E-state index in [4.69, 9.17) is 4.74 Å². The number of anilines is 1. The minimum absolute atomic E-state index is 0.0659. The summed E-state index contributed by atoms with van der Waals surface area (Å²) in [6, 6.07) is 0.0938. The van der Waals surface area contributed by atoms with Gasteiger partial charge in [-0.05, 0) is 19.8 Å². The molecule has 2 aliphatic rings. The van der Waals surface area contributed by atoms with E-state index in [9.17, 15) is 14.4 Å². The van der Waals surface area contributed by atoms with Gasteiger partial charge < -0.3 is 4.74 Å². The fourth-order valence-electron chi connectivity index (χ4n) is 3.00. The molecule has 2 atom stereocenters. The highest BCUT2D eigenvalue weighted by Gasteiger charge is 2.42. The molecule has 22 heavy (non-hydrogen) atoms. The number of H-pyrrole nitrogens is 1. The van der Waals surface area contributed by atoms with Gasteiger partial charge in [0.1, 0.15) is 5.56 Å². The molecule has 1 saturated heterocycles. The summed E-state index contributed by atoms with van der Waals surface area (Å²) in [5.74, 6) is -0.768. The van der Waals surface area contributed by atoms with Crippen LogP contribution in [0.2, 0.25) is 0 Å². The lowest BCUT2D eigenvalue weighted by Crippen LogP contribution is -2.40. The van der Waals surface area contributed by atoms with Gasteiger partial charge in [-0.1, -0.05) is 12.8 Å². The standard InChI is InChI=1S/C14H18N4O4/c1-2-22-13(21)9-7-15-14(16-11(9)19)18-12(20)8-5-3-4-6-10(8)17-18/h7-8,10,17H,2-6H2,1H3,(H,15,16,19). The molecule has 8 heteroatoms. The Bertz CT molecular complexity index is 656. The second-order valence-electron chi connectivity index (χ2n) is 5.47. The van der Waals surface area contributed by atoms with Crippen LogP contribution in [0.3, 0.4) is 0 Å². The van der Waals surface area contributed by atoms with Gasteiger partial charge in [-0.15, -0.1) is 0 Å². The number of amides is 1. The predicted octanol–water partition coefficient (Wildman–Crippen LogP) is 0.357. The van der Waals surface area contributed by atoms with E-state index in [1.807, 2.05) is 0 Å². The molecular formula is C14H18N4O4. The van der Waals surface area contributed by atoms with E-state index in [0.29, 0.717) is 0 Å². The number of ether oxygens (including phenoxy) is 1. The van der Waals surface area contributed by atoms with Gasteiger partial charge in [0.2, 0.25) is 11.9 Å². The van der Waals surface area contributed by atoms with E-state index in [-0.39, 0.29) is 36.0 Å². The number of carbonyl (C=O) groups excluding carboxylic acids is 2. The highest BCUT2D eigenvalue weighted by atomic mass is 16.5. The molecule has 2 N–H and O–H groups in total. The lowest BCUT2D eigenvalue weighted by molar-refractivity contribution is -0.121. The molecule has 3 rings (SSSR count). The van der Waals surface area contributed by atoms with Crippen LogP contribution in [0.1, 0.15) is 43.0 Å². The SMILES string of the molecule is CCOC(=O)c1cnc(N2NC3CCCCC3C2=O)[nH]c1=O. The molecule has 8 nitrogen and oxygen atoms in total. The second kappa shape index (κ2) is 5.88. The van der Waals surface area contributed by atoms with E-state index in [2.05, 4.69) is 15.4 Å².